The number of carbonyl (C=O) groups is 1. The summed E-state index contributed by atoms with van der Waals surface area (Å²) in [5, 5.41) is 22.7. The van der Waals surface area contributed by atoms with Gasteiger partial charge in [-0.1, -0.05) is 0 Å². The molecule has 1 aromatic carbocycles. The van der Waals surface area contributed by atoms with E-state index < -0.39 is 5.60 Å². The SMILES string of the molecule is CCOc1cc2[nH]ncc2cc1Nc1ncnc2sc3c(c12)CC[C@H](C(=O)N(C)CC(C)(C)O)C3. The number of hydrogen-bond acceptors (Lipinski definition) is 8. The van der Waals surface area contributed by atoms with E-state index in [0.29, 0.717) is 19.6 Å². The van der Waals surface area contributed by atoms with E-state index in [1.807, 2.05) is 19.1 Å². The number of ether oxygens (including phenoxy) is 1. The fourth-order valence-corrected chi connectivity index (χ4v) is 6.12. The van der Waals surface area contributed by atoms with Gasteiger partial charge in [0.1, 0.15) is 22.7 Å². The molecule has 184 valence electrons. The summed E-state index contributed by atoms with van der Waals surface area (Å²) in [5.41, 5.74) is 2.02. The summed E-state index contributed by atoms with van der Waals surface area (Å²) in [5.74, 6) is 1.44. The third kappa shape index (κ3) is 4.68. The van der Waals surface area contributed by atoms with Crippen molar-refractivity contribution in [1.82, 2.24) is 25.1 Å². The summed E-state index contributed by atoms with van der Waals surface area (Å²) in [6.45, 7) is 6.24. The number of rotatable bonds is 7. The Bertz CT molecular complexity index is 1390. The minimum Gasteiger partial charge on any atom is -0.492 e. The van der Waals surface area contributed by atoms with Gasteiger partial charge in [0.25, 0.3) is 0 Å². The molecule has 1 atom stereocenters. The molecule has 1 amide bonds. The van der Waals surface area contributed by atoms with Crippen LogP contribution in [-0.4, -0.2) is 61.9 Å². The molecular formula is C25H30N6O3S. The highest BCUT2D eigenvalue weighted by Crippen LogP contribution is 2.42. The van der Waals surface area contributed by atoms with Gasteiger partial charge in [0.2, 0.25) is 5.91 Å². The normalized spacial score (nSPS) is 15.9. The van der Waals surface area contributed by atoms with Crippen LogP contribution < -0.4 is 10.1 Å². The van der Waals surface area contributed by atoms with Crippen molar-refractivity contribution in [2.24, 2.45) is 5.92 Å². The molecule has 0 bridgehead atoms. The monoisotopic (exact) mass is 494 g/mol. The summed E-state index contributed by atoms with van der Waals surface area (Å²) < 4.78 is 5.88. The van der Waals surface area contributed by atoms with Crippen LogP contribution in [-0.2, 0) is 17.6 Å². The molecule has 3 aromatic heterocycles. The van der Waals surface area contributed by atoms with Crippen LogP contribution in [0.3, 0.4) is 0 Å². The van der Waals surface area contributed by atoms with Crippen molar-refractivity contribution in [1.29, 1.82) is 0 Å². The molecule has 3 heterocycles. The molecule has 1 aliphatic carbocycles. The zero-order valence-corrected chi connectivity index (χ0v) is 21.2. The van der Waals surface area contributed by atoms with E-state index >= 15 is 0 Å². The van der Waals surface area contributed by atoms with Gasteiger partial charge in [-0.25, -0.2) is 9.97 Å². The van der Waals surface area contributed by atoms with Crippen molar-refractivity contribution < 1.29 is 14.6 Å². The lowest BCUT2D eigenvalue weighted by molar-refractivity contribution is -0.137. The lowest BCUT2D eigenvalue weighted by Crippen LogP contribution is -2.43. The van der Waals surface area contributed by atoms with E-state index in [1.165, 1.54) is 10.4 Å². The number of fused-ring (bicyclic) bond motifs is 4. The summed E-state index contributed by atoms with van der Waals surface area (Å²) in [4.78, 5) is 25.9. The fraction of sp³-hybridized carbons (Fsp3) is 0.440. The van der Waals surface area contributed by atoms with Gasteiger partial charge in [-0.05, 0) is 51.7 Å². The van der Waals surface area contributed by atoms with Crippen molar-refractivity contribution in [3.63, 3.8) is 0 Å². The maximum Gasteiger partial charge on any atom is 0.225 e. The number of hydrogen-bond donors (Lipinski definition) is 3. The van der Waals surface area contributed by atoms with Gasteiger partial charge in [0.15, 0.2) is 0 Å². The third-order valence-corrected chi connectivity index (χ3v) is 7.45. The van der Waals surface area contributed by atoms with Crippen molar-refractivity contribution in [3.05, 3.63) is 35.1 Å². The number of benzene rings is 1. The maximum atomic E-state index is 13.1. The molecule has 10 heteroatoms. The number of thiophene rings is 1. The molecule has 9 nitrogen and oxygen atoms in total. The number of nitrogens with one attached hydrogen (secondary N) is 2. The van der Waals surface area contributed by atoms with Gasteiger partial charge in [-0.15, -0.1) is 11.3 Å². The van der Waals surface area contributed by atoms with E-state index in [2.05, 4.69) is 25.5 Å². The first-order valence-electron chi connectivity index (χ1n) is 11.8. The van der Waals surface area contributed by atoms with Gasteiger partial charge in [-0.2, -0.15) is 5.10 Å². The Hall–Kier alpha value is -3.24. The quantitative estimate of drug-likeness (QED) is 0.355. The highest BCUT2D eigenvalue weighted by molar-refractivity contribution is 7.19. The number of amides is 1. The average Bonchev–Trinajstić information content (AvgIpc) is 3.41. The number of carbonyl (C=O) groups excluding carboxylic acids is 1. The first-order chi connectivity index (χ1) is 16.7. The van der Waals surface area contributed by atoms with Crippen molar-refractivity contribution in [3.8, 4) is 5.75 Å². The molecule has 0 aliphatic heterocycles. The summed E-state index contributed by atoms with van der Waals surface area (Å²) in [6, 6.07) is 3.94. The Morgan fingerprint density at radius 2 is 2.20 bits per heavy atom. The topological polar surface area (TPSA) is 116 Å². The molecular weight excluding hydrogens is 464 g/mol. The molecule has 0 fully saturated rings. The van der Waals surface area contributed by atoms with Crippen LogP contribution in [0.15, 0.2) is 24.7 Å². The number of anilines is 2. The largest absolute Gasteiger partial charge is 0.492 e. The summed E-state index contributed by atoms with van der Waals surface area (Å²) in [7, 11) is 1.76. The van der Waals surface area contributed by atoms with E-state index in [4.69, 9.17) is 4.74 Å². The van der Waals surface area contributed by atoms with E-state index in [9.17, 15) is 9.90 Å². The molecule has 0 spiro atoms. The van der Waals surface area contributed by atoms with Crippen molar-refractivity contribution in [2.45, 2.75) is 45.6 Å². The molecule has 0 saturated carbocycles. The van der Waals surface area contributed by atoms with Crippen LogP contribution in [0.2, 0.25) is 0 Å². The first kappa shape index (κ1) is 23.5. The number of nitrogens with zero attached hydrogens (tertiary/aromatic N) is 4. The number of likely N-dealkylation sites (N-methyl/N-ethyl adjacent to an activating group) is 1. The molecule has 35 heavy (non-hydrogen) atoms. The molecule has 1 aliphatic rings. The summed E-state index contributed by atoms with van der Waals surface area (Å²) in [6.07, 6.45) is 5.57. The fourth-order valence-electron chi connectivity index (χ4n) is 4.86. The summed E-state index contributed by atoms with van der Waals surface area (Å²) >= 11 is 1.63. The highest BCUT2D eigenvalue weighted by Gasteiger charge is 2.32. The van der Waals surface area contributed by atoms with Crippen LogP contribution in [0, 0.1) is 5.92 Å². The van der Waals surface area contributed by atoms with E-state index in [0.717, 1.165) is 51.2 Å². The predicted octanol–water partition coefficient (Wildman–Crippen LogP) is 4.04. The second-order valence-electron chi connectivity index (χ2n) is 9.72. The van der Waals surface area contributed by atoms with Gasteiger partial charge in [0, 0.05) is 35.8 Å². The lowest BCUT2D eigenvalue weighted by atomic mass is 9.86. The second-order valence-corrected chi connectivity index (χ2v) is 10.8. The van der Waals surface area contributed by atoms with Gasteiger partial charge in [0.05, 0.1) is 35.0 Å². The number of aromatic amines is 1. The van der Waals surface area contributed by atoms with Gasteiger partial charge in [-0.3, -0.25) is 9.89 Å². The van der Waals surface area contributed by atoms with Crippen molar-refractivity contribution in [2.75, 3.05) is 25.5 Å². The zero-order valence-electron chi connectivity index (χ0n) is 20.4. The minimum absolute atomic E-state index is 0.0782. The number of H-pyrrole nitrogens is 1. The second kappa shape index (κ2) is 9.09. The highest BCUT2D eigenvalue weighted by atomic mass is 32.1. The van der Waals surface area contributed by atoms with Gasteiger partial charge >= 0.3 is 0 Å². The number of aryl methyl sites for hydroxylation is 1. The Balaban J connectivity index is 1.45. The minimum atomic E-state index is -0.919. The Kier molecular flexibility index (Phi) is 6.10. The molecule has 5 rings (SSSR count). The first-order valence-corrected chi connectivity index (χ1v) is 12.6. The molecule has 0 unspecified atom stereocenters. The Labute approximate surface area is 207 Å². The van der Waals surface area contributed by atoms with Crippen LogP contribution in [0.4, 0.5) is 11.5 Å². The van der Waals surface area contributed by atoms with Crippen LogP contribution in [0.25, 0.3) is 21.1 Å². The lowest BCUT2D eigenvalue weighted by Gasteiger charge is -2.30. The van der Waals surface area contributed by atoms with E-state index in [-0.39, 0.29) is 11.8 Å². The number of aliphatic hydroxyl groups is 1. The molecule has 0 saturated heterocycles. The van der Waals surface area contributed by atoms with Gasteiger partial charge < -0.3 is 20.1 Å². The van der Waals surface area contributed by atoms with Crippen LogP contribution in [0.5, 0.6) is 5.75 Å². The average molecular weight is 495 g/mol. The van der Waals surface area contributed by atoms with Crippen LogP contribution in [0.1, 0.15) is 37.6 Å². The van der Waals surface area contributed by atoms with E-state index in [1.54, 1.807) is 49.7 Å². The zero-order chi connectivity index (χ0) is 24.7. The Morgan fingerprint density at radius 3 is 2.97 bits per heavy atom. The van der Waals surface area contributed by atoms with Crippen LogP contribution >= 0.6 is 11.3 Å². The maximum absolute atomic E-state index is 13.1. The predicted molar refractivity (Wildman–Crippen MR) is 137 cm³/mol. The standard InChI is InChI=1S/C25H30N6O3S/c1-5-34-19-10-17-15(11-28-30-17)8-18(19)29-22-21-16-7-6-14(24(32)31(4)12-25(2,3)33)9-20(16)35-23(21)27-13-26-22/h8,10-11,13-14,33H,5-7,9,12H2,1-4H3,(H,28,30)(H,26,27,29)/t14-/m0/s1. The molecule has 3 N–H and O–H groups in total. The number of aromatic nitrogens is 4. The Morgan fingerprint density at radius 1 is 1.37 bits per heavy atom. The third-order valence-electron chi connectivity index (χ3n) is 6.29. The van der Waals surface area contributed by atoms with Crippen molar-refractivity contribution >= 4 is 49.9 Å². The smallest absolute Gasteiger partial charge is 0.225 e. The molecule has 0 radical (unpaired) electrons. The molecule has 4 aromatic rings.